The van der Waals surface area contributed by atoms with Gasteiger partial charge in [0.2, 0.25) is 0 Å². The van der Waals surface area contributed by atoms with Gasteiger partial charge in [0.05, 0.1) is 13.2 Å². The van der Waals surface area contributed by atoms with Crippen molar-refractivity contribution >= 4 is 0 Å². The predicted octanol–water partition coefficient (Wildman–Crippen LogP) is -4.10. The average molecular weight is 326 g/mol. The first kappa shape index (κ1) is 17.9. The maximum absolute atomic E-state index is 10.0. The topological polar surface area (TPSA) is 158 Å². The summed E-state index contributed by atoms with van der Waals surface area (Å²) in [5, 5.41) is 57.5. The van der Waals surface area contributed by atoms with E-state index < -0.39 is 61.9 Å². The molecule has 0 aliphatic carbocycles. The van der Waals surface area contributed by atoms with Crippen LogP contribution >= 0.6 is 0 Å². The highest BCUT2D eigenvalue weighted by Crippen LogP contribution is 2.30. The minimum Gasteiger partial charge on any atom is -0.394 e. The zero-order valence-electron chi connectivity index (χ0n) is 11.9. The molecule has 22 heavy (non-hydrogen) atoms. The quantitative estimate of drug-likeness (QED) is 0.293. The van der Waals surface area contributed by atoms with E-state index in [2.05, 4.69) is 0 Å². The van der Waals surface area contributed by atoms with E-state index >= 15 is 0 Å². The highest BCUT2D eigenvalue weighted by Gasteiger charge is 2.50. The minimum atomic E-state index is -1.70. The van der Waals surface area contributed by atoms with E-state index in [-0.39, 0.29) is 6.61 Å². The molecule has 2 aliphatic heterocycles. The van der Waals surface area contributed by atoms with Gasteiger partial charge in [-0.05, 0) is 0 Å². The standard InChI is InChI=1S/C12H22O10/c1-19-11-9(18)7(16)10-5(21-11)3-20-12(22-10)8(17)6(15)4(14)2-13/h4-18H,2-3H2,1H3/t4-,5+,6-,7+,8+,9+,10+,11-,12+/m0/s1. The number of hydrogen-bond donors (Lipinski definition) is 6. The Balaban J connectivity index is 2.01. The summed E-state index contributed by atoms with van der Waals surface area (Å²) < 4.78 is 20.8. The molecule has 130 valence electrons. The lowest BCUT2D eigenvalue weighted by molar-refractivity contribution is -0.370. The van der Waals surface area contributed by atoms with Crippen LogP contribution in [0.4, 0.5) is 0 Å². The molecule has 10 heteroatoms. The number of rotatable bonds is 5. The van der Waals surface area contributed by atoms with Crippen LogP contribution in [0.1, 0.15) is 0 Å². The van der Waals surface area contributed by atoms with Gasteiger partial charge in [0.1, 0.15) is 42.7 Å². The lowest BCUT2D eigenvalue weighted by Gasteiger charge is -2.47. The minimum absolute atomic E-state index is 0.0853. The molecule has 2 saturated heterocycles. The molecule has 2 rings (SSSR count). The average Bonchev–Trinajstić information content (AvgIpc) is 2.55. The van der Waals surface area contributed by atoms with E-state index in [1.54, 1.807) is 0 Å². The fourth-order valence-corrected chi connectivity index (χ4v) is 2.46. The third kappa shape index (κ3) is 3.41. The first-order valence-electron chi connectivity index (χ1n) is 6.87. The molecule has 0 bridgehead atoms. The van der Waals surface area contributed by atoms with Crippen molar-refractivity contribution in [2.24, 2.45) is 0 Å². The Morgan fingerprint density at radius 1 is 1.14 bits per heavy atom. The Morgan fingerprint density at radius 3 is 2.41 bits per heavy atom. The molecule has 6 N–H and O–H groups in total. The summed E-state index contributed by atoms with van der Waals surface area (Å²) in [5.41, 5.74) is 0. The summed E-state index contributed by atoms with van der Waals surface area (Å²) in [5.74, 6) is 0. The zero-order valence-corrected chi connectivity index (χ0v) is 11.9. The number of hydrogen-bond acceptors (Lipinski definition) is 10. The van der Waals surface area contributed by atoms with Crippen molar-refractivity contribution in [1.82, 2.24) is 0 Å². The SMILES string of the molecule is CO[C@H]1O[C@@H]2CO[C@@H]([C@H](O)[C@@H](O)[C@@H](O)CO)O[C@H]2[C@H](O)[C@H]1O. The molecule has 0 aromatic rings. The fourth-order valence-electron chi connectivity index (χ4n) is 2.46. The molecule has 10 nitrogen and oxygen atoms in total. The van der Waals surface area contributed by atoms with Crippen molar-refractivity contribution in [3.8, 4) is 0 Å². The molecule has 2 aliphatic rings. The fraction of sp³-hybridized carbons (Fsp3) is 1.00. The van der Waals surface area contributed by atoms with Crippen molar-refractivity contribution in [2.75, 3.05) is 20.3 Å². The largest absolute Gasteiger partial charge is 0.394 e. The second-order valence-corrected chi connectivity index (χ2v) is 5.29. The summed E-state index contributed by atoms with van der Waals surface area (Å²) in [7, 11) is 1.31. The van der Waals surface area contributed by atoms with Crippen molar-refractivity contribution in [3.05, 3.63) is 0 Å². The maximum atomic E-state index is 10.0. The van der Waals surface area contributed by atoms with E-state index in [9.17, 15) is 25.5 Å². The molecule has 0 saturated carbocycles. The maximum Gasteiger partial charge on any atom is 0.186 e. The van der Waals surface area contributed by atoms with Crippen LogP contribution in [-0.4, -0.2) is 106 Å². The van der Waals surface area contributed by atoms with Gasteiger partial charge < -0.3 is 49.6 Å². The van der Waals surface area contributed by atoms with Gasteiger partial charge in [-0.25, -0.2) is 0 Å². The first-order chi connectivity index (χ1) is 10.4. The third-order valence-corrected chi connectivity index (χ3v) is 3.80. The highest BCUT2D eigenvalue weighted by atomic mass is 16.8. The Kier molecular flexibility index (Phi) is 6.07. The molecule has 0 unspecified atom stereocenters. The van der Waals surface area contributed by atoms with Gasteiger partial charge >= 0.3 is 0 Å². The highest BCUT2D eigenvalue weighted by molar-refractivity contribution is 4.93. The summed E-state index contributed by atoms with van der Waals surface area (Å²) in [6.07, 6.45) is -11.8. The van der Waals surface area contributed by atoms with Crippen LogP contribution in [0.3, 0.4) is 0 Å². The van der Waals surface area contributed by atoms with Gasteiger partial charge in [0.15, 0.2) is 12.6 Å². The number of methoxy groups -OCH3 is 1. The molecule has 2 fully saturated rings. The third-order valence-electron chi connectivity index (χ3n) is 3.80. The molecule has 0 aromatic carbocycles. The van der Waals surface area contributed by atoms with Crippen LogP contribution in [0.2, 0.25) is 0 Å². The van der Waals surface area contributed by atoms with Gasteiger partial charge in [-0.2, -0.15) is 0 Å². The van der Waals surface area contributed by atoms with Crippen LogP contribution in [0.5, 0.6) is 0 Å². The Hall–Kier alpha value is -0.400. The molecule has 9 atom stereocenters. The molecule has 2 heterocycles. The summed E-state index contributed by atoms with van der Waals surface area (Å²) >= 11 is 0. The van der Waals surface area contributed by atoms with Gasteiger partial charge in [0, 0.05) is 7.11 Å². The molecule has 0 spiro atoms. The predicted molar refractivity (Wildman–Crippen MR) is 67.4 cm³/mol. The lowest BCUT2D eigenvalue weighted by atomic mass is 9.97. The van der Waals surface area contributed by atoms with Gasteiger partial charge in [-0.3, -0.25) is 0 Å². The smallest absolute Gasteiger partial charge is 0.186 e. The van der Waals surface area contributed by atoms with Crippen LogP contribution in [-0.2, 0) is 18.9 Å². The Morgan fingerprint density at radius 2 is 1.82 bits per heavy atom. The molecular formula is C12H22O10. The summed E-state index contributed by atoms with van der Waals surface area (Å²) in [4.78, 5) is 0. The second-order valence-electron chi connectivity index (χ2n) is 5.29. The summed E-state index contributed by atoms with van der Waals surface area (Å²) in [6, 6.07) is 0. The van der Waals surface area contributed by atoms with Crippen molar-refractivity contribution < 1.29 is 49.6 Å². The lowest BCUT2D eigenvalue weighted by Crippen LogP contribution is -2.65. The number of ether oxygens (including phenoxy) is 4. The monoisotopic (exact) mass is 326 g/mol. The Labute approximate surface area is 126 Å². The number of aliphatic hydroxyl groups excluding tert-OH is 6. The van der Waals surface area contributed by atoms with Gasteiger partial charge in [-0.1, -0.05) is 0 Å². The van der Waals surface area contributed by atoms with E-state index in [4.69, 9.17) is 24.1 Å². The molecular weight excluding hydrogens is 304 g/mol. The van der Waals surface area contributed by atoms with E-state index in [1.807, 2.05) is 0 Å². The van der Waals surface area contributed by atoms with Crippen molar-refractivity contribution in [1.29, 1.82) is 0 Å². The second kappa shape index (κ2) is 7.45. The van der Waals surface area contributed by atoms with Crippen LogP contribution < -0.4 is 0 Å². The van der Waals surface area contributed by atoms with Gasteiger partial charge in [0.25, 0.3) is 0 Å². The number of fused-ring (bicyclic) bond motifs is 1. The first-order valence-corrected chi connectivity index (χ1v) is 6.87. The normalized spacial score (nSPS) is 43.2. The van der Waals surface area contributed by atoms with Crippen molar-refractivity contribution in [3.63, 3.8) is 0 Å². The zero-order chi connectivity index (χ0) is 16.4. The van der Waals surface area contributed by atoms with E-state index in [0.717, 1.165) is 0 Å². The van der Waals surface area contributed by atoms with Crippen LogP contribution in [0.15, 0.2) is 0 Å². The molecule has 0 aromatic heterocycles. The van der Waals surface area contributed by atoms with Crippen LogP contribution in [0, 0.1) is 0 Å². The van der Waals surface area contributed by atoms with E-state index in [1.165, 1.54) is 7.11 Å². The van der Waals surface area contributed by atoms with E-state index in [0.29, 0.717) is 0 Å². The number of aliphatic hydroxyl groups is 6. The summed E-state index contributed by atoms with van der Waals surface area (Å²) in [6.45, 7) is -0.838. The van der Waals surface area contributed by atoms with Crippen LogP contribution in [0.25, 0.3) is 0 Å². The molecule has 0 amide bonds. The van der Waals surface area contributed by atoms with Gasteiger partial charge in [-0.15, -0.1) is 0 Å². The van der Waals surface area contributed by atoms with Crippen molar-refractivity contribution in [2.45, 2.75) is 55.3 Å². The Bertz CT molecular complexity index is 353. The molecule has 0 radical (unpaired) electrons.